The number of halogens is 2. The summed E-state index contributed by atoms with van der Waals surface area (Å²) in [6.07, 6.45) is 0.102. The first-order chi connectivity index (χ1) is 9.04. The molecule has 0 atom stereocenters. The minimum atomic E-state index is -0.749. The molecule has 1 aromatic rings. The Labute approximate surface area is 113 Å². The van der Waals surface area contributed by atoms with E-state index >= 15 is 0 Å². The van der Waals surface area contributed by atoms with Crippen LogP contribution in [0, 0.1) is 11.6 Å². The van der Waals surface area contributed by atoms with E-state index in [4.69, 9.17) is 0 Å². The molecule has 102 valence electrons. The van der Waals surface area contributed by atoms with Gasteiger partial charge in [-0.25, -0.2) is 8.78 Å². The van der Waals surface area contributed by atoms with E-state index in [2.05, 4.69) is 5.32 Å². The van der Waals surface area contributed by atoms with Gasteiger partial charge in [-0.3, -0.25) is 9.59 Å². The molecule has 19 heavy (non-hydrogen) atoms. The van der Waals surface area contributed by atoms with Crippen molar-refractivity contribution in [2.24, 2.45) is 0 Å². The first-order valence-corrected chi connectivity index (χ1v) is 6.71. The number of amides is 2. The number of carbonyl (C=O) groups is 2. The lowest BCUT2D eigenvalue weighted by Gasteiger charge is -2.13. The summed E-state index contributed by atoms with van der Waals surface area (Å²) in [7, 11) is 0. The van der Waals surface area contributed by atoms with Crippen LogP contribution in [-0.4, -0.2) is 34.9 Å². The van der Waals surface area contributed by atoms with Gasteiger partial charge >= 0.3 is 0 Å². The van der Waals surface area contributed by atoms with Crippen LogP contribution in [0.4, 0.5) is 19.3 Å². The Kier molecular flexibility index (Phi) is 4.36. The van der Waals surface area contributed by atoms with E-state index in [-0.39, 0.29) is 23.3 Å². The van der Waals surface area contributed by atoms with Crippen molar-refractivity contribution in [3.63, 3.8) is 0 Å². The fourth-order valence-electron chi connectivity index (χ4n) is 1.71. The lowest BCUT2D eigenvalue weighted by Crippen LogP contribution is -2.27. The molecule has 0 aliphatic carbocycles. The van der Waals surface area contributed by atoms with Gasteiger partial charge in [0.05, 0.1) is 0 Å². The summed E-state index contributed by atoms with van der Waals surface area (Å²) in [5.41, 5.74) is 0.0737. The molecule has 1 aliphatic heterocycles. The minimum Gasteiger partial charge on any atom is -0.332 e. The van der Waals surface area contributed by atoms with Crippen LogP contribution in [0.2, 0.25) is 0 Å². The normalized spacial score (nSPS) is 14.8. The largest absolute Gasteiger partial charge is 0.332 e. The van der Waals surface area contributed by atoms with Crippen molar-refractivity contribution >= 4 is 28.6 Å². The maximum atomic E-state index is 12.9. The van der Waals surface area contributed by atoms with Crippen molar-refractivity contribution in [1.82, 2.24) is 4.90 Å². The van der Waals surface area contributed by atoms with Crippen LogP contribution in [0.25, 0.3) is 0 Å². The van der Waals surface area contributed by atoms with Gasteiger partial charge in [0, 0.05) is 37.0 Å². The van der Waals surface area contributed by atoms with E-state index in [9.17, 15) is 18.4 Å². The van der Waals surface area contributed by atoms with Gasteiger partial charge in [0.25, 0.3) is 5.24 Å². The molecule has 7 heteroatoms. The average molecular weight is 286 g/mol. The van der Waals surface area contributed by atoms with Gasteiger partial charge in [0.1, 0.15) is 11.6 Å². The number of nitrogens with zero attached hydrogens (tertiary/aromatic N) is 1. The highest BCUT2D eigenvalue weighted by molar-refractivity contribution is 8.13. The van der Waals surface area contributed by atoms with E-state index in [1.54, 1.807) is 4.90 Å². The van der Waals surface area contributed by atoms with Gasteiger partial charge in [-0.2, -0.15) is 0 Å². The van der Waals surface area contributed by atoms with Gasteiger partial charge < -0.3 is 10.2 Å². The summed E-state index contributed by atoms with van der Waals surface area (Å²) in [5.74, 6) is -1.15. The fourth-order valence-corrected chi connectivity index (χ4v) is 2.57. The molecule has 0 spiro atoms. The van der Waals surface area contributed by atoms with Gasteiger partial charge in [-0.1, -0.05) is 11.8 Å². The SMILES string of the molecule is O=C(CCN1CCSC1=O)Nc1cc(F)cc(F)c1. The third kappa shape index (κ3) is 3.92. The number of hydrogen-bond donors (Lipinski definition) is 1. The molecule has 0 aromatic heterocycles. The Hall–Kier alpha value is -1.63. The van der Waals surface area contributed by atoms with Crippen molar-refractivity contribution in [2.75, 3.05) is 24.2 Å². The molecule has 1 heterocycles. The summed E-state index contributed by atoms with van der Waals surface area (Å²) in [6, 6.07) is 2.81. The molecule has 0 unspecified atom stereocenters. The van der Waals surface area contributed by atoms with Crippen LogP contribution in [0.3, 0.4) is 0 Å². The topological polar surface area (TPSA) is 49.4 Å². The highest BCUT2D eigenvalue weighted by Gasteiger charge is 2.21. The number of carbonyl (C=O) groups excluding carboxylic acids is 2. The molecule has 1 aromatic carbocycles. The third-order valence-electron chi connectivity index (χ3n) is 2.60. The van der Waals surface area contributed by atoms with Gasteiger partial charge in [0.15, 0.2) is 0 Å². The van der Waals surface area contributed by atoms with Crippen molar-refractivity contribution in [2.45, 2.75) is 6.42 Å². The van der Waals surface area contributed by atoms with Crippen molar-refractivity contribution < 1.29 is 18.4 Å². The second kappa shape index (κ2) is 6.01. The predicted octanol–water partition coefficient (Wildman–Crippen LogP) is 2.46. The second-order valence-corrected chi connectivity index (χ2v) is 5.10. The lowest BCUT2D eigenvalue weighted by molar-refractivity contribution is -0.116. The molecule has 1 saturated heterocycles. The Balaban J connectivity index is 1.85. The minimum absolute atomic E-state index is 0.0374. The van der Waals surface area contributed by atoms with E-state index in [1.807, 2.05) is 0 Å². The Morgan fingerprint density at radius 2 is 2.00 bits per heavy atom. The summed E-state index contributed by atoms with van der Waals surface area (Å²) in [4.78, 5) is 24.5. The second-order valence-electron chi connectivity index (χ2n) is 4.06. The molecule has 1 aliphatic rings. The third-order valence-corrected chi connectivity index (χ3v) is 3.49. The maximum absolute atomic E-state index is 12.9. The Bertz CT molecular complexity index is 490. The summed E-state index contributed by atoms with van der Waals surface area (Å²) in [6.45, 7) is 0.945. The zero-order valence-electron chi connectivity index (χ0n) is 9.99. The molecule has 0 radical (unpaired) electrons. The highest BCUT2D eigenvalue weighted by atomic mass is 32.2. The monoisotopic (exact) mass is 286 g/mol. The van der Waals surface area contributed by atoms with E-state index < -0.39 is 11.6 Å². The van der Waals surface area contributed by atoms with Crippen molar-refractivity contribution in [1.29, 1.82) is 0 Å². The average Bonchev–Trinajstić information content (AvgIpc) is 2.71. The maximum Gasteiger partial charge on any atom is 0.281 e. The fraction of sp³-hybridized carbons (Fsp3) is 0.333. The van der Waals surface area contributed by atoms with Crippen molar-refractivity contribution in [3.05, 3.63) is 29.8 Å². The van der Waals surface area contributed by atoms with Crippen LogP contribution in [0.15, 0.2) is 18.2 Å². The summed E-state index contributed by atoms with van der Waals surface area (Å²) in [5, 5.41) is 2.36. The molecule has 4 nitrogen and oxygen atoms in total. The van der Waals surface area contributed by atoms with E-state index in [1.165, 1.54) is 11.8 Å². The van der Waals surface area contributed by atoms with Crippen molar-refractivity contribution in [3.8, 4) is 0 Å². The smallest absolute Gasteiger partial charge is 0.281 e. The zero-order valence-corrected chi connectivity index (χ0v) is 10.8. The molecule has 2 rings (SSSR count). The predicted molar refractivity (Wildman–Crippen MR) is 69.0 cm³/mol. The summed E-state index contributed by atoms with van der Waals surface area (Å²) < 4.78 is 25.8. The van der Waals surface area contributed by atoms with Crippen LogP contribution >= 0.6 is 11.8 Å². The van der Waals surface area contributed by atoms with Crippen LogP contribution < -0.4 is 5.32 Å². The zero-order chi connectivity index (χ0) is 13.8. The number of nitrogens with one attached hydrogen (secondary N) is 1. The summed E-state index contributed by atoms with van der Waals surface area (Å²) >= 11 is 1.22. The number of thioether (sulfide) groups is 1. The van der Waals surface area contributed by atoms with Crippen LogP contribution in [0.1, 0.15) is 6.42 Å². The number of hydrogen-bond acceptors (Lipinski definition) is 3. The molecule has 2 amide bonds. The first-order valence-electron chi connectivity index (χ1n) is 5.72. The van der Waals surface area contributed by atoms with Gasteiger partial charge in [-0.05, 0) is 12.1 Å². The Morgan fingerprint density at radius 1 is 1.32 bits per heavy atom. The quantitative estimate of drug-likeness (QED) is 0.925. The number of anilines is 1. The van der Waals surface area contributed by atoms with Gasteiger partial charge in [0.2, 0.25) is 5.91 Å². The van der Waals surface area contributed by atoms with Crippen LogP contribution in [-0.2, 0) is 4.79 Å². The molecule has 1 N–H and O–H groups in total. The molecular formula is C12H12F2N2O2S. The molecule has 1 fully saturated rings. The Morgan fingerprint density at radius 3 is 2.58 bits per heavy atom. The van der Waals surface area contributed by atoms with Crippen LogP contribution in [0.5, 0.6) is 0 Å². The molecular weight excluding hydrogens is 274 g/mol. The van der Waals surface area contributed by atoms with E-state index in [0.717, 1.165) is 24.0 Å². The number of rotatable bonds is 4. The standard InChI is InChI=1S/C12H12F2N2O2S/c13-8-5-9(14)7-10(6-8)15-11(17)1-2-16-3-4-19-12(16)18/h5-7H,1-4H2,(H,15,17). The van der Waals surface area contributed by atoms with Gasteiger partial charge in [-0.15, -0.1) is 0 Å². The van der Waals surface area contributed by atoms with E-state index in [0.29, 0.717) is 13.1 Å². The highest BCUT2D eigenvalue weighted by Crippen LogP contribution is 2.17. The lowest BCUT2D eigenvalue weighted by atomic mass is 10.3. The number of benzene rings is 1. The first kappa shape index (κ1) is 13.8. The molecule has 0 bridgehead atoms. The molecule has 0 saturated carbocycles.